The normalized spacial score (nSPS) is 17.2. The Morgan fingerprint density at radius 3 is 2.46 bits per heavy atom. The summed E-state index contributed by atoms with van der Waals surface area (Å²) in [7, 11) is 0. The molecule has 0 unspecified atom stereocenters. The molecule has 24 heavy (non-hydrogen) atoms. The maximum Gasteiger partial charge on any atom is 0.193 e. The number of aliphatic imine (C=N–C) groups is 1. The molecule has 1 heterocycles. The Bertz CT molecular complexity index is 505. The van der Waals surface area contributed by atoms with E-state index in [0.29, 0.717) is 6.10 Å². The van der Waals surface area contributed by atoms with Crippen LogP contribution < -0.4 is 5.32 Å². The molecule has 1 fully saturated rings. The minimum absolute atomic E-state index is 0.0333. The average Bonchev–Trinajstić information content (AvgIpc) is 2.60. The van der Waals surface area contributed by atoms with E-state index in [1.54, 1.807) is 0 Å². The SMILES string of the molecule is CCNC(=NCC(C)(C)c1ccccc1)N1CCC(OCC)CC1. The molecule has 0 aromatic heterocycles. The lowest BCUT2D eigenvalue weighted by atomic mass is 9.85. The van der Waals surface area contributed by atoms with E-state index in [9.17, 15) is 0 Å². The third kappa shape index (κ3) is 5.23. The second-order valence-corrected chi connectivity index (χ2v) is 7.06. The summed E-state index contributed by atoms with van der Waals surface area (Å²) in [4.78, 5) is 7.32. The van der Waals surface area contributed by atoms with Crippen molar-refractivity contribution in [2.24, 2.45) is 4.99 Å². The van der Waals surface area contributed by atoms with Gasteiger partial charge in [0.2, 0.25) is 0 Å². The van der Waals surface area contributed by atoms with Crippen LogP contribution in [0.3, 0.4) is 0 Å². The van der Waals surface area contributed by atoms with Gasteiger partial charge in [0.1, 0.15) is 0 Å². The number of benzene rings is 1. The standard InChI is InChI=1S/C20H33N3O/c1-5-21-19(23-14-12-18(13-15-23)24-6-2)22-16-20(3,4)17-10-8-7-9-11-17/h7-11,18H,5-6,12-16H2,1-4H3,(H,21,22). The van der Waals surface area contributed by atoms with Gasteiger partial charge in [-0.15, -0.1) is 0 Å². The highest BCUT2D eigenvalue weighted by Crippen LogP contribution is 2.23. The van der Waals surface area contributed by atoms with Crippen LogP contribution in [0.5, 0.6) is 0 Å². The van der Waals surface area contributed by atoms with Gasteiger partial charge in [0.05, 0.1) is 12.6 Å². The van der Waals surface area contributed by atoms with Crippen LogP contribution in [0.15, 0.2) is 35.3 Å². The van der Waals surface area contributed by atoms with Crippen LogP contribution in [0.4, 0.5) is 0 Å². The largest absolute Gasteiger partial charge is 0.378 e. The average molecular weight is 332 g/mol. The lowest BCUT2D eigenvalue weighted by molar-refractivity contribution is 0.0263. The minimum atomic E-state index is 0.0333. The Morgan fingerprint density at radius 1 is 1.21 bits per heavy atom. The molecule has 4 heteroatoms. The minimum Gasteiger partial charge on any atom is -0.378 e. The van der Waals surface area contributed by atoms with Gasteiger partial charge in [-0.2, -0.15) is 0 Å². The van der Waals surface area contributed by atoms with Crippen molar-refractivity contribution < 1.29 is 4.74 Å². The maximum absolute atomic E-state index is 5.76. The van der Waals surface area contributed by atoms with Crippen LogP contribution in [-0.2, 0) is 10.2 Å². The summed E-state index contributed by atoms with van der Waals surface area (Å²) in [5.41, 5.74) is 1.37. The summed E-state index contributed by atoms with van der Waals surface area (Å²) in [6.07, 6.45) is 2.58. The molecule has 0 amide bonds. The highest BCUT2D eigenvalue weighted by molar-refractivity contribution is 5.80. The van der Waals surface area contributed by atoms with Crippen LogP contribution in [0.2, 0.25) is 0 Å². The molecule has 1 aliphatic heterocycles. The van der Waals surface area contributed by atoms with Crippen LogP contribution >= 0.6 is 0 Å². The number of piperidine rings is 1. The van der Waals surface area contributed by atoms with Crippen LogP contribution in [0.25, 0.3) is 0 Å². The highest BCUT2D eigenvalue weighted by atomic mass is 16.5. The Balaban J connectivity index is 2.01. The van der Waals surface area contributed by atoms with Crippen molar-refractivity contribution in [1.29, 1.82) is 0 Å². The van der Waals surface area contributed by atoms with Crippen molar-refractivity contribution in [3.8, 4) is 0 Å². The molecule has 1 saturated heterocycles. The predicted molar refractivity (Wildman–Crippen MR) is 102 cm³/mol. The number of ether oxygens (including phenoxy) is 1. The van der Waals surface area contributed by atoms with Crippen molar-refractivity contribution in [2.75, 3.05) is 32.8 Å². The van der Waals surface area contributed by atoms with E-state index >= 15 is 0 Å². The zero-order chi connectivity index (χ0) is 17.4. The molecule has 0 atom stereocenters. The van der Waals surface area contributed by atoms with E-state index in [1.807, 2.05) is 0 Å². The van der Waals surface area contributed by atoms with Gasteiger partial charge in [0.15, 0.2) is 5.96 Å². The number of rotatable bonds is 6. The van der Waals surface area contributed by atoms with Crippen molar-refractivity contribution in [3.63, 3.8) is 0 Å². The van der Waals surface area contributed by atoms with Crippen molar-refractivity contribution in [1.82, 2.24) is 10.2 Å². The van der Waals surface area contributed by atoms with Gasteiger partial charge >= 0.3 is 0 Å². The van der Waals surface area contributed by atoms with Gasteiger partial charge in [0, 0.05) is 31.7 Å². The molecule has 0 radical (unpaired) electrons. The van der Waals surface area contributed by atoms with Crippen molar-refractivity contribution in [2.45, 2.75) is 52.1 Å². The van der Waals surface area contributed by atoms with E-state index in [-0.39, 0.29) is 5.41 Å². The topological polar surface area (TPSA) is 36.9 Å². The molecule has 0 aliphatic carbocycles. The van der Waals surface area contributed by atoms with Gasteiger partial charge < -0.3 is 15.0 Å². The molecule has 0 saturated carbocycles. The Kier molecular flexibility index (Phi) is 7.10. The lowest BCUT2D eigenvalue weighted by Gasteiger charge is -2.34. The first kappa shape index (κ1) is 18.8. The molecule has 4 nitrogen and oxygen atoms in total. The van der Waals surface area contributed by atoms with Gasteiger partial charge in [-0.05, 0) is 32.3 Å². The maximum atomic E-state index is 5.76. The summed E-state index contributed by atoms with van der Waals surface area (Å²) in [5, 5.41) is 3.46. The molecule has 1 aromatic rings. The predicted octanol–water partition coefficient (Wildman–Crippen LogP) is 3.43. The zero-order valence-electron chi connectivity index (χ0n) is 15.7. The number of hydrogen-bond acceptors (Lipinski definition) is 2. The van der Waals surface area contributed by atoms with E-state index in [1.165, 1.54) is 5.56 Å². The third-order valence-electron chi connectivity index (χ3n) is 4.66. The van der Waals surface area contributed by atoms with Crippen molar-refractivity contribution in [3.05, 3.63) is 35.9 Å². The van der Waals surface area contributed by atoms with E-state index in [0.717, 1.165) is 51.6 Å². The molecule has 1 N–H and O–H groups in total. The summed E-state index contributed by atoms with van der Waals surface area (Å²) in [6.45, 7) is 13.2. The number of nitrogens with zero attached hydrogens (tertiary/aromatic N) is 2. The molecule has 0 bridgehead atoms. The van der Waals surface area contributed by atoms with Crippen molar-refractivity contribution >= 4 is 5.96 Å². The summed E-state index contributed by atoms with van der Waals surface area (Å²) < 4.78 is 5.76. The molecular weight excluding hydrogens is 298 g/mol. The van der Waals surface area contributed by atoms with Crippen LogP contribution in [0, 0.1) is 0 Å². The lowest BCUT2D eigenvalue weighted by Crippen LogP contribution is -2.47. The van der Waals surface area contributed by atoms with E-state index < -0.39 is 0 Å². The molecular formula is C20H33N3O. The Labute approximate surface area is 147 Å². The first-order chi connectivity index (χ1) is 11.6. The summed E-state index contributed by atoms with van der Waals surface area (Å²) in [6, 6.07) is 10.6. The van der Waals surface area contributed by atoms with Crippen LogP contribution in [0.1, 0.15) is 46.1 Å². The first-order valence-electron chi connectivity index (χ1n) is 9.27. The number of nitrogens with one attached hydrogen (secondary N) is 1. The first-order valence-corrected chi connectivity index (χ1v) is 9.27. The second-order valence-electron chi connectivity index (χ2n) is 7.06. The fourth-order valence-corrected chi connectivity index (χ4v) is 3.15. The second kappa shape index (κ2) is 9.07. The number of likely N-dealkylation sites (tertiary alicyclic amines) is 1. The van der Waals surface area contributed by atoms with Crippen LogP contribution in [-0.4, -0.2) is 49.7 Å². The fourth-order valence-electron chi connectivity index (χ4n) is 3.15. The van der Waals surface area contributed by atoms with Gasteiger partial charge in [0.25, 0.3) is 0 Å². The quantitative estimate of drug-likeness (QED) is 0.641. The molecule has 2 rings (SSSR count). The van der Waals surface area contributed by atoms with Gasteiger partial charge in [-0.3, -0.25) is 4.99 Å². The smallest absolute Gasteiger partial charge is 0.193 e. The number of guanidine groups is 1. The molecule has 1 aromatic carbocycles. The molecule has 134 valence electrons. The van der Waals surface area contributed by atoms with E-state index in [4.69, 9.17) is 9.73 Å². The molecule has 1 aliphatic rings. The third-order valence-corrected chi connectivity index (χ3v) is 4.66. The summed E-state index contributed by atoms with van der Waals surface area (Å²) in [5.74, 6) is 1.04. The van der Waals surface area contributed by atoms with E-state index in [2.05, 4.69) is 68.2 Å². The van der Waals surface area contributed by atoms with Gasteiger partial charge in [-0.1, -0.05) is 44.2 Å². The van der Waals surface area contributed by atoms with Gasteiger partial charge in [-0.25, -0.2) is 0 Å². The Hall–Kier alpha value is -1.55. The molecule has 0 spiro atoms. The zero-order valence-corrected chi connectivity index (χ0v) is 15.7. The monoisotopic (exact) mass is 331 g/mol. The Morgan fingerprint density at radius 2 is 1.88 bits per heavy atom. The highest BCUT2D eigenvalue weighted by Gasteiger charge is 2.24. The summed E-state index contributed by atoms with van der Waals surface area (Å²) >= 11 is 0. The number of hydrogen-bond donors (Lipinski definition) is 1. The fraction of sp³-hybridized carbons (Fsp3) is 0.650.